The van der Waals surface area contributed by atoms with Crippen LogP contribution in [0.15, 0.2) is 36.7 Å². The number of fused-ring (bicyclic) bond motifs is 1. The van der Waals surface area contributed by atoms with Crippen molar-refractivity contribution in [2.24, 2.45) is 0 Å². The summed E-state index contributed by atoms with van der Waals surface area (Å²) in [6, 6.07) is 7.32. The minimum absolute atomic E-state index is 0.119. The maximum atomic E-state index is 10.6. The van der Waals surface area contributed by atoms with E-state index < -0.39 is 0 Å². The summed E-state index contributed by atoms with van der Waals surface area (Å²) >= 11 is 0. The summed E-state index contributed by atoms with van der Waals surface area (Å²) < 4.78 is 0. The third-order valence-electron chi connectivity index (χ3n) is 2.01. The van der Waals surface area contributed by atoms with E-state index in [0.29, 0.717) is 17.5 Å². The number of aliphatic hydroxyl groups is 1. The molecule has 0 saturated carbocycles. The summed E-state index contributed by atoms with van der Waals surface area (Å²) in [5.74, 6) is 0. The Kier molecular flexibility index (Phi) is 2.41. The van der Waals surface area contributed by atoms with Crippen molar-refractivity contribution in [1.29, 1.82) is 0 Å². The first-order valence-corrected chi connectivity index (χ1v) is 4.37. The van der Waals surface area contributed by atoms with E-state index in [-0.39, 0.29) is 5.57 Å². The Morgan fingerprint density at radius 3 is 2.67 bits per heavy atom. The molecule has 2 rings (SSSR count). The summed E-state index contributed by atoms with van der Waals surface area (Å²) in [6.45, 7) is 0. The zero-order valence-corrected chi connectivity index (χ0v) is 7.79. The van der Waals surface area contributed by atoms with Gasteiger partial charge in [0, 0.05) is 0 Å². The van der Waals surface area contributed by atoms with E-state index >= 15 is 0 Å². The number of hydrogen-bond donors (Lipinski definition) is 1. The smallest absolute Gasteiger partial charge is 0.155 e. The Balaban J connectivity index is 2.61. The molecule has 0 spiro atoms. The molecule has 2 aromatic rings. The highest BCUT2D eigenvalue weighted by Crippen LogP contribution is 2.12. The summed E-state index contributed by atoms with van der Waals surface area (Å²) in [5, 5.41) is 8.79. The molecule has 0 aliphatic carbocycles. The molecular weight excluding hydrogens is 192 g/mol. The molecular formula is C11H8N2O2. The van der Waals surface area contributed by atoms with E-state index in [2.05, 4.69) is 9.97 Å². The summed E-state index contributed by atoms with van der Waals surface area (Å²) in [7, 11) is 0. The first-order chi connectivity index (χ1) is 7.35. The lowest BCUT2D eigenvalue weighted by atomic mass is 10.2. The molecule has 0 amide bonds. The van der Waals surface area contributed by atoms with Crippen LogP contribution < -0.4 is 0 Å². The molecule has 1 heterocycles. The van der Waals surface area contributed by atoms with Crippen LogP contribution in [0.3, 0.4) is 0 Å². The van der Waals surface area contributed by atoms with Gasteiger partial charge in [0.15, 0.2) is 6.29 Å². The first-order valence-electron chi connectivity index (χ1n) is 4.37. The van der Waals surface area contributed by atoms with E-state index in [9.17, 15) is 4.79 Å². The molecule has 0 saturated heterocycles. The van der Waals surface area contributed by atoms with Crippen molar-refractivity contribution < 1.29 is 9.90 Å². The van der Waals surface area contributed by atoms with Crippen molar-refractivity contribution >= 4 is 22.9 Å². The molecule has 15 heavy (non-hydrogen) atoms. The lowest BCUT2D eigenvalue weighted by Crippen LogP contribution is -1.93. The van der Waals surface area contributed by atoms with Gasteiger partial charge in [0.2, 0.25) is 0 Å². The van der Waals surface area contributed by atoms with Gasteiger partial charge in [-0.1, -0.05) is 12.1 Å². The molecule has 1 aromatic carbocycles. The average Bonchev–Trinajstić information content (AvgIpc) is 2.30. The number of para-hydroxylation sites is 2. The fourth-order valence-electron chi connectivity index (χ4n) is 1.25. The molecule has 1 aromatic heterocycles. The molecule has 1 N–H and O–H groups in total. The van der Waals surface area contributed by atoms with Crippen LogP contribution in [0.25, 0.3) is 16.6 Å². The molecule has 4 heteroatoms. The largest absolute Gasteiger partial charge is 0.515 e. The fraction of sp³-hybridized carbons (Fsp3) is 0. The number of hydrogen-bond acceptors (Lipinski definition) is 4. The number of nitrogens with zero attached hydrogens (tertiary/aromatic N) is 2. The lowest BCUT2D eigenvalue weighted by Gasteiger charge is -1.99. The van der Waals surface area contributed by atoms with Crippen molar-refractivity contribution in [1.82, 2.24) is 9.97 Å². The number of aromatic nitrogens is 2. The number of aldehydes is 1. The van der Waals surface area contributed by atoms with Gasteiger partial charge in [-0.05, 0) is 12.1 Å². The van der Waals surface area contributed by atoms with Gasteiger partial charge in [0.1, 0.15) is 0 Å². The van der Waals surface area contributed by atoms with Gasteiger partial charge in [-0.25, -0.2) is 4.98 Å². The van der Waals surface area contributed by atoms with Gasteiger partial charge in [0.25, 0.3) is 0 Å². The van der Waals surface area contributed by atoms with Crippen LogP contribution in [0.1, 0.15) is 5.69 Å². The first kappa shape index (κ1) is 9.33. The molecule has 4 nitrogen and oxygen atoms in total. The molecule has 0 unspecified atom stereocenters. The van der Waals surface area contributed by atoms with Gasteiger partial charge in [-0.15, -0.1) is 0 Å². The van der Waals surface area contributed by atoms with E-state index in [1.807, 2.05) is 18.2 Å². The van der Waals surface area contributed by atoms with Crippen LogP contribution in [-0.2, 0) is 4.79 Å². The average molecular weight is 200 g/mol. The van der Waals surface area contributed by atoms with Crippen LogP contribution in [0.5, 0.6) is 0 Å². The standard InChI is InChI=1S/C11H8N2O2/c14-6-8(7-15)11-5-12-9-3-1-2-4-10(9)13-11/h1-7,14H/b8-6-. The van der Waals surface area contributed by atoms with Gasteiger partial charge < -0.3 is 5.11 Å². The summed E-state index contributed by atoms with van der Waals surface area (Å²) in [5.41, 5.74) is 1.93. The number of rotatable bonds is 2. The van der Waals surface area contributed by atoms with Gasteiger partial charge in [0.05, 0.1) is 34.8 Å². The third-order valence-corrected chi connectivity index (χ3v) is 2.01. The SMILES string of the molecule is O=C/C(=C/O)c1cnc2ccccc2n1. The van der Waals surface area contributed by atoms with Crippen molar-refractivity contribution in [3.05, 3.63) is 42.4 Å². The van der Waals surface area contributed by atoms with E-state index in [0.717, 1.165) is 11.8 Å². The predicted molar refractivity (Wildman–Crippen MR) is 56.2 cm³/mol. The Bertz CT molecular complexity index is 535. The highest BCUT2D eigenvalue weighted by Gasteiger charge is 2.03. The number of benzene rings is 1. The molecule has 0 atom stereocenters. The number of carbonyl (C=O) groups excluding carboxylic acids is 1. The number of allylic oxidation sites excluding steroid dienone is 1. The second-order valence-electron chi connectivity index (χ2n) is 2.95. The fourth-order valence-corrected chi connectivity index (χ4v) is 1.25. The Morgan fingerprint density at radius 2 is 2.00 bits per heavy atom. The Labute approximate surface area is 85.9 Å². The second-order valence-corrected chi connectivity index (χ2v) is 2.95. The summed E-state index contributed by atoms with van der Waals surface area (Å²) in [4.78, 5) is 18.9. The molecule has 74 valence electrons. The second kappa shape index (κ2) is 3.88. The Morgan fingerprint density at radius 1 is 1.27 bits per heavy atom. The minimum Gasteiger partial charge on any atom is -0.515 e. The van der Waals surface area contributed by atoms with Crippen molar-refractivity contribution in [3.8, 4) is 0 Å². The van der Waals surface area contributed by atoms with Gasteiger partial charge >= 0.3 is 0 Å². The molecule has 0 aliphatic rings. The van der Waals surface area contributed by atoms with Gasteiger partial charge in [-0.3, -0.25) is 9.78 Å². The van der Waals surface area contributed by atoms with Crippen molar-refractivity contribution in [2.45, 2.75) is 0 Å². The zero-order chi connectivity index (χ0) is 10.7. The van der Waals surface area contributed by atoms with Crippen LogP contribution in [-0.4, -0.2) is 21.4 Å². The highest BCUT2D eigenvalue weighted by molar-refractivity contribution is 6.05. The zero-order valence-electron chi connectivity index (χ0n) is 7.79. The monoisotopic (exact) mass is 200 g/mol. The number of aliphatic hydroxyl groups excluding tert-OH is 1. The molecule has 0 fully saturated rings. The summed E-state index contributed by atoms with van der Waals surface area (Å²) in [6.07, 6.45) is 2.73. The topological polar surface area (TPSA) is 63.1 Å². The van der Waals surface area contributed by atoms with E-state index in [1.165, 1.54) is 6.20 Å². The van der Waals surface area contributed by atoms with Crippen LogP contribution in [0, 0.1) is 0 Å². The van der Waals surface area contributed by atoms with Crippen LogP contribution in [0.4, 0.5) is 0 Å². The maximum Gasteiger partial charge on any atom is 0.155 e. The highest BCUT2D eigenvalue weighted by atomic mass is 16.2. The maximum absolute atomic E-state index is 10.6. The predicted octanol–water partition coefficient (Wildman–Crippen LogP) is 1.73. The lowest BCUT2D eigenvalue weighted by molar-refractivity contribution is -0.103. The van der Waals surface area contributed by atoms with E-state index in [1.54, 1.807) is 6.07 Å². The molecule has 0 aliphatic heterocycles. The Hall–Kier alpha value is -2.23. The number of carbonyl (C=O) groups is 1. The molecule has 0 bridgehead atoms. The third kappa shape index (κ3) is 1.69. The molecule has 0 radical (unpaired) electrons. The van der Waals surface area contributed by atoms with Crippen molar-refractivity contribution in [3.63, 3.8) is 0 Å². The quantitative estimate of drug-likeness (QED) is 0.455. The normalized spacial score (nSPS) is 11.6. The van der Waals surface area contributed by atoms with E-state index in [4.69, 9.17) is 5.11 Å². The van der Waals surface area contributed by atoms with Crippen molar-refractivity contribution in [2.75, 3.05) is 0 Å². The van der Waals surface area contributed by atoms with Gasteiger partial charge in [-0.2, -0.15) is 0 Å². The minimum atomic E-state index is 0.119. The van der Waals surface area contributed by atoms with Crippen LogP contribution >= 0.6 is 0 Å². The van der Waals surface area contributed by atoms with Crippen LogP contribution in [0.2, 0.25) is 0 Å².